The number of halogens is 2. The van der Waals surface area contributed by atoms with Crippen LogP contribution in [-0.2, 0) is 0 Å². The summed E-state index contributed by atoms with van der Waals surface area (Å²) in [6, 6.07) is 3.29. The lowest BCUT2D eigenvalue weighted by Gasteiger charge is -2.11. The molecule has 0 heterocycles. The van der Waals surface area contributed by atoms with E-state index in [4.69, 9.17) is 10.00 Å². The quantitative estimate of drug-likeness (QED) is 0.730. The molecule has 0 amide bonds. The summed E-state index contributed by atoms with van der Waals surface area (Å²) in [5, 5.41) is 8.61. The van der Waals surface area contributed by atoms with E-state index in [1.54, 1.807) is 19.9 Å². The van der Waals surface area contributed by atoms with Gasteiger partial charge in [-0.15, -0.1) is 0 Å². The van der Waals surface area contributed by atoms with Crippen LogP contribution in [0.2, 0.25) is 0 Å². The fourth-order valence-corrected chi connectivity index (χ4v) is 1.01. The van der Waals surface area contributed by atoms with Crippen molar-refractivity contribution in [1.29, 1.82) is 5.26 Å². The molecule has 0 radical (unpaired) electrons. The molecule has 0 atom stereocenters. The number of ether oxygens (including phenoxy) is 1. The van der Waals surface area contributed by atoms with E-state index in [0.717, 1.165) is 6.07 Å². The van der Waals surface area contributed by atoms with Crippen LogP contribution in [0.25, 0.3) is 0 Å². The molecule has 0 unspecified atom stereocenters. The smallest absolute Gasteiger partial charge is 0.147 e. The van der Waals surface area contributed by atoms with E-state index in [9.17, 15) is 8.78 Å². The highest BCUT2D eigenvalue weighted by atomic mass is 19.1. The van der Waals surface area contributed by atoms with Crippen molar-refractivity contribution in [3.8, 4) is 11.8 Å². The highest BCUT2D eigenvalue weighted by Crippen LogP contribution is 2.23. The molecule has 0 fully saturated rings. The zero-order valence-corrected chi connectivity index (χ0v) is 7.84. The van der Waals surface area contributed by atoms with Crippen LogP contribution in [0.1, 0.15) is 19.4 Å². The van der Waals surface area contributed by atoms with Crippen molar-refractivity contribution in [2.24, 2.45) is 0 Å². The first-order valence-corrected chi connectivity index (χ1v) is 4.10. The lowest BCUT2D eigenvalue weighted by Crippen LogP contribution is -2.08. The Labute approximate surface area is 80.7 Å². The van der Waals surface area contributed by atoms with Gasteiger partial charge in [0.15, 0.2) is 0 Å². The van der Waals surface area contributed by atoms with Crippen molar-refractivity contribution in [3.63, 3.8) is 0 Å². The Balaban J connectivity index is 3.20. The first kappa shape index (κ1) is 10.5. The van der Waals surface area contributed by atoms with Crippen molar-refractivity contribution in [1.82, 2.24) is 0 Å². The van der Waals surface area contributed by atoms with Crippen LogP contribution in [0.5, 0.6) is 5.75 Å². The van der Waals surface area contributed by atoms with Gasteiger partial charge in [-0.25, -0.2) is 8.78 Å². The van der Waals surface area contributed by atoms with Gasteiger partial charge >= 0.3 is 0 Å². The normalized spacial score (nSPS) is 10.0. The van der Waals surface area contributed by atoms with Gasteiger partial charge in [-0.2, -0.15) is 5.26 Å². The van der Waals surface area contributed by atoms with Gasteiger partial charge in [-0.05, 0) is 13.8 Å². The maximum Gasteiger partial charge on any atom is 0.147 e. The molecular weight excluding hydrogens is 188 g/mol. The predicted octanol–water partition coefficient (Wildman–Crippen LogP) is 2.62. The van der Waals surface area contributed by atoms with E-state index in [2.05, 4.69) is 0 Å². The summed E-state index contributed by atoms with van der Waals surface area (Å²) in [5.41, 5.74) is -0.264. The third-order valence-corrected chi connectivity index (χ3v) is 1.49. The Hall–Kier alpha value is -1.63. The lowest BCUT2D eigenvalue weighted by molar-refractivity contribution is 0.239. The molecule has 74 valence electrons. The second-order valence-corrected chi connectivity index (χ2v) is 3.04. The molecule has 2 nitrogen and oxygen atoms in total. The van der Waals surface area contributed by atoms with E-state index in [0.29, 0.717) is 6.07 Å². The average molecular weight is 197 g/mol. The molecule has 0 saturated carbocycles. The number of nitriles is 1. The summed E-state index contributed by atoms with van der Waals surface area (Å²) in [4.78, 5) is 0. The first-order chi connectivity index (χ1) is 6.54. The summed E-state index contributed by atoms with van der Waals surface area (Å²) in [5.74, 6) is -1.71. The zero-order valence-electron chi connectivity index (χ0n) is 7.84. The highest BCUT2D eigenvalue weighted by molar-refractivity contribution is 5.44. The molecule has 0 N–H and O–H groups in total. The molecule has 14 heavy (non-hydrogen) atoms. The summed E-state index contributed by atoms with van der Waals surface area (Å²) in [6.45, 7) is 3.42. The van der Waals surface area contributed by atoms with Crippen LogP contribution in [-0.4, -0.2) is 6.10 Å². The van der Waals surface area contributed by atoms with Gasteiger partial charge in [0.2, 0.25) is 0 Å². The standard InChI is InChI=1S/C10H9F2NO/c1-6(2)14-10-4-7(11)3-9(12)8(10)5-13/h3-4,6H,1-2H3. The van der Waals surface area contributed by atoms with Crippen molar-refractivity contribution < 1.29 is 13.5 Å². The molecule has 1 aromatic carbocycles. The minimum atomic E-state index is -0.900. The Morgan fingerprint density at radius 3 is 2.50 bits per heavy atom. The van der Waals surface area contributed by atoms with Crippen LogP contribution in [0.15, 0.2) is 12.1 Å². The molecule has 0 aromatic heterocycles. The molecule has 4 heteroatoms. The highest BCUT2D eigenvalue weighted by Gasteiger charge is 2.12. The average Bonchev–Trinajstić information content (AvgIpc) is 2.01. The van der Waals surface area contributed by atoms with Gasteiger partial charge in [0.25, 0.3) is 0 Å². The largest absolute Gasteiger partial charge is 0.489 e. The molecule has 0 aliphatic carbocycles. The van der Waals surface area contributed by atoms with Gasteiger partial charge in [-0.1, -0.05) is 0 Å². The first-order valence-electron chi connectivity index (χ1n) is 4.10. The van der Waals surface area contributed by atoms with Crippen LogP contribution in [0.4, 0.5) is 8.78 Å². The van der Waals surface area contributed by atoms with Gasteiger partial charge in [0, 0.05) is 12.1 Å². The Kier molecular flexibility index (Phi) is 3.03. The summed E-state index contributed by atoms with van der Waals surface area (Å²) in [7, 11) is 0. The van der Waals surface area contributed by atoms with E-state index >= 15 is 0 Å². The van der Waals surface area contributed by atoms with Crippen LogP contribution < -0.4 is 4.74 Å². The van der Waals surface area contributed by atoms with Crippen molar-refractivity contribution in [2.45, 2.75) is 20.0 Å². The number of hydrogen-bond acceptors (Lipinski definition) is 2. The fraction of sp³-hybridized carbons (Fsp3) is 0.300. The second-order valence-electron chi connectivity index (χ2n) is 3.04. The zero-order chi connectivity index (χ0) is 10.7. The topological polar surface area (TPSA) is 33.0 Å². The van der Waals surface area contributed by atoms with Gasteiger partial charge in [-0.3, -0.25) is 0 Å². The fourth-order valence-electron chi connectivity index (χ4n) is 1.01. The second kappa shape index (κ2) is 4.05. The van der Waals surface area contributed by atoms with Crippen LogP contribution >= 0.6 is 0 Å². The summed E-state index contributed by atoms with van der Waals surface area (Å²) >= 11 is 0. The van der Waals surface area contributed by atoms with Crippen molar-refractivity contribution >= 4 is 0 Å². The number of rotatable bonds is 2. The summed E-state index contributed by atoms with van der Waals surface area (Å²) in [6.07, 6.45) is -0.233. The molecule has 0 aliphatic rings. The van der Waals surface area contributed by atoms with Gasteiger partial charge < -0.3 is 4.74 Å². The minimum Gasteiger partial charge on any atom is -0.489 e. The van der Waals surface area contributed by atoms with Gasteiger partial charge in [0.05, 0.1) is 6.10 Å². The number of nitrogens with zero attached hydrogens (tertiary/aromatic N) is 1. The molecule has 1 rings (SSSR count). The van der Waals surface area contributed by atoms with Crippen LogP contribution in [0, 0.1) is 23.0 Å². The Bertz CT molecular complexity index is 382. The van der Waals surface area contributed by atoms with E-state index in [1.807, 2.05) is 0 Å². The third kappa shape index (κ3) is 2.19. The maximum absolute atomic E-state index is 13.0. The van der Waals surface area contributed by atoms with Crippen molar-refractivity contribution in [2.75, 3.05) is 0 Å². The van der Waals surface area contributed by atoms with Gasteiger partial charge in [0.1, 0.15) is 29.0 Å². The SMILES string of the molecule is CC(C)Oc1cc(F)cc(F)c1C#N. The molecule has 0 spiro atoms. The lowest BCUT2D eigenvalue weighted by atomic mass is 10.2. The third-order valence-electron chi connectivity index (χ3n) is 1.49. The van der Waals surface area contributed by atoms with E-state index in [1.165, 1.54) is 0 Å². The monoisotopic (exact) mass is 197 g/mol. The predicted molar refractivity (Wildman–Crippen MR) is 46.8 cm³/mol. The van der Waals surface area contributed by atoms with Crippen molar-refractivity contribution in [3.05, 3.63) is 29.3 Å². The van der Waals surface area contributed by atoms with E-state index in [-0.39, 0.29) is 17.4 Å². The Morgan fingerprint density at radius 1 is 1.36 bits per heavy atom. The molecule has 1 aromatic rings. The maximum atomic E-state index is 13.0. The molecule has 0 saturated heterocycles. The minimum absolute atomic E-state index is 0.0556. The van der Waals surface area contributed by atoms with Crippen LogP contribution in [0.3, 0.4) is 0 Å². The molecule has 0 bridgehead atoms. The van der Waals surface area contributed by atoms with E-state index < -0.39 is 11.6 Å². The molecular formula is C10H9F2NO. The number of benzene rings is 1. The Morgan fingerprint density at radius 2 is 2.00 bits per heavy atom. The molecule has 0 aliphatic heterocycles. The summed E-state index contributed by atoms with van der Waals surface area (Å²) < 4.78 is 30.9. The number of hydrogen-bond donors (Lipinski definition) is 0.